The van der Waals surface area contributed by atoms with Crippen LogP contribution in [-0.4, -0.2) is 43.2 Å². The maximum absolute atomic E-state index is 11.7. The molecule has 2 rings (SSSR count). The molecule has 1 N–H and O–H groups in total. The summed E-state index contributed by atoms with van der Waals surface area (Å²) in [7, 11) is 5.47. The van der Waals surface area contributed by atoms with Crippen LogP contribution in [0.2, 0.25) is 0 Å². The summed E-state index contributed by atoms with van der Waals surface area (Å²) < 4.78 is 7.15. The van der Waals surface area contributed by atoms with E-state index in [4.69, 9.17) is 4.74 Å². The van der Waals surface area contributed by atoms with Gasteiger partial charge in [-0.05, 0) is 25.0 Å². The topological polar surface area (TPSA) is 58.9 Å². The number of guanidine groups is 1. The number of hydrogen-bond donors (Lipinski definition) is 1. The minimum Gasteiger partial charge on any atom is -0.496 e. The van der Waals surface area contributed by atoms with Crippen molar-refractivity contribution in [2.75, 3.05) is 27.7 Å². The largest absolute Gasteiger partial charge is 0.496 e. The number of aromatic nitrogens is 1. The Balaban J connectivity index is 1.78. The van der Waals surface area contributed by atoms with Gasteiger partial charge in [-0.15, -0.1) is 0 Å². The van der Waals surface area contributed by atoms with Gasteiger partial charge < -0.3 is 19.5 Å². The number of pyridine rings is 1. The third kappa shape index (κ3) is 5.65. The molecule has 0 saturated heterocycles. The zero-order valence-electron chi connectivity index (χ0n) is 15.8. The summed E-state index contributed by atoms with van der Waals surface area (Å²) in [5.41, 5.74) is 1.16. The van der Waals surface area contributed by atoms with Gasteiger partial charge in [-0.2, -0.15) is 0 Å². The number of ether oxygens (including phenoxy) is 1. The van der Waals surface area contributed by atoms with Gasteiger partial charge >= 0.3 is 0 Å². The minimum absolute atomic E-state index is 0.0489. The molecule has 0 aliphatic carbocycles. The van der Waals surface area contributed by atoms with E-state index in [9.17, 15) is 4.79 Å². The van der Waals surface area contributed by atoms with E-state index in [0.29, 0.717) is 6.54 Å². The number of nitrogens with one attached hydrogen (secondary N) is 1. The Labute approximate surface area is 155 Å². The molecule has 26 heavy (non-hydrogen) atoms. The van der Waals surface area contributed by atoms with E-state index in [-0.39, 0.29) is 5.56 Å². The highest BCUT2D eigenvalue weighted by Crippen LogP contribution is 2.18. The monoisotopic (exact) mass is 356 g/mol. The number of benzene rings is 1. The number of aryl methyl sites for hydroxylation is 1. The van der Waals surface area contributed by atoms with Crippen LogP contribution in [0, 0.1) is 0 Å². The van der Waals surface area contributed by atoms with Crippen molar-refractivity contribution in [1.82, 2.24) is 14.8 Å². The maximum Gasteiger partial charge on any atom is 0.250 e. The fourth-order valence-corrected chi connectivity index (χ4v) is 2.80. The van der Waals surface area contributed by atoms with Crippen LogP contribution in [0.25, 0.3) is 0 Å². The van der Waals surface area contributed by atoms with Gasteiger partial charge in [-0.25, -0.2) is 0 Å². The summed E-state index contributed by atoms with van der Waals surface area (Å²) in [5.74, 6) is 1.72. The van der Waals surface area contributed by atoms with Gasteiger partial charge in [0.25, 0.3) is 0 Å². The summed E-state index contributed by atoms with van der Waals surface area (Å²) in [5, 5.41) is 3.38. The lowest BCUT2D eigenvalue weighted by Crippen LogP contribution is -2.39. The first kappa shape index (κ1) is 19.6. The molecule has 1 aromatic heterocycles. The van der Waals surface area contributed by atoms with Crippen LogP contribution < -0.4 is 15.6 Å². The number of methoxy groups -OCH3 is 1. The molecule has 6 nitrogen and oxygen atoms in total. The Morgan fingerprint density at radius 3 is 2.69 bits per heavy atom. The van der Waals surface area contributed by atoms with Crippen molar-refractivity contribution >= 4 is 5.96 Å². The predicted octanol–water partition coefficient (Wildman–Crippen LogP) is 2.34. The smallest absolute Gasteiger partial charge is 0.250 e. The molecular formula is C20H28N4O2. The summed E-state index contributed by atoms with van der Waals surface area (Å²) in [6.45, 7) is 2.25. The number of aliphatic imine (C=N–C) groups is 1. The number of unbranched alkanes of at least 4 members (excludes halogenated alkanes) is 1. The lowest BCUT2D eigenvalue weighted by atomic mass is 10.2. The molecule has 0 amide bonds. The third-order valence-corrected chi connectivity index (χ3v) is 4.18. The van der Waals surface area contributed by atoms with E-state index in [2.05, 4.69) is 21.3 Å². The van der Waals surface area contributed by atoms with Crippen molar-refractivity contribution < 1.29 is 4.74 Å². The summed E-state index contributed by atoms with van der Waals surface area (Å²) in [6, 6.07) is 13.2. The molecule has 0 saturated carbocycles. The predicted molar refractivity (Wildman–Crippen MR) is 106 cm³/mol. The molecule has 0 bridgehead atoms. The molecule has 0 unspecified atom stereocenters. The molecule has 0 radical (unpaired) electrons. The second kappa shape index (κ2) is 10.3. The normalized spacial score (nSPS) is 11.3. The molecule has 0 aliphatic rings. The molecule has 2 aromatic rings. The highest BCUT2D eigenvalue weighted by molar-refractivity contribution is 5.79. The van der Waals surface area contributed by atoms with Gasteiger partial charge in [-0.3, -0.25) is 9.79 Å². The van der Waals surface area contributed by atoms with Crippen LogP contribution in [0.4, 0.5) is 0 Å². The van der Waals surface area contributed by atoms with Gasteiger partial charge in [0.1, 0.15) is 5.75 Å². The first-order valence-electron chi connectivity index (χ1n) is 8.85. The zero-order chi connectivity index (χ0) is 18.8. The fraction of sp³-hybridized carbons (Fsp3) is 0.400. The average Bonchev–Trinajstić information content (AvgIpc) is 2.66. The van der Waals surface area contributed by atoms with Crippen molar-refractivity contribution in [3.63, 3.8) is 0 Å². The fourth-order valence-electron chi connectivity index (χ4n) is 2.80. The van der Waals surface area contributed by atoms with Crippen LogP contribution in [0.5, 0.6) is 5.75 Å². The SMILES string of the molecule is CN=C(NCCCCn1ccccc1=O)N(C)Cc1ccccc1OC. The van der Waals surface area contributed by atoms with E-state index in [1.807, 2.05) is 37.5 Å². The van der Waals surface area contributed by atoms with E-state index < -0.39 is 0 Å². The van der Waals surface area contributed by atoms with Crippen LogP contribution in [0.3, 0.4) is 0 Å². The summed E-state index contributed by atoms with van der Waals surface area (Å²) in [4.78, 5) is 18.1. The van der Waals surface area contributed by atoms with Crippen LogP contribution in [-0.2, 0) is 13.1 Å². The first-order chi connectivity index (χ1) is 12.7. The number of nitrogens with zero attached hydrogens (tertiary/aromatic N) is 3. The number of hydrogen-bond acceptors (Lipinski definition) is 3. The molecule has 0 atom stereocenters. The summed E-state index contributed by atoms with van der Waals surface area (Å²) >= 11 is 0. The Hall–Kier alpha value is -2.76. The third-order valence-electron chi connectivity index (χ3n) is 4.18. The Morgan fingerprint density at radius 1 is 1.19 bits per heavy atom. The maximum atomic E-state index is 11.7. The molecule has 6 heteroatoms. The minimum atomic E-state index is 0.0489. The van der Waals surface area contributed by atoms with Crippen molar-refractivity contribution in [1.29, 1.82) is 0 Å². The van der Waals surface area contributed by atoms with Crippen molar-refractivity contribution in [3.05, 3.63) is 64.6 Å². The Bertz CT molecular complexity index is 770. The molecular weight excluding hydrogens is 328 g/mol. The molecule has 1 aromatic carbocycles. The van der Waals surface area contributed by atoms with E-state index in [1.54, 1.807) is 30.9 Å². The Kier molecular flexibility index (Phi) is 7.74. The molecule has 0 aliphatic heterocycles. The standard InChI is InChI=1S/C20H28N4O2/c1-21-20(23(2)16-17-10-4-5-11-18(17)26-3)22-13-7-9-15-24-14-8-6-12-19(24)25/h4-6,8,10-12,14H,7,9,13,15-16H2,1-3H3,(H,21,22). The van der Waals surface area contributed by atoms with Gasteiger partial charge in [0.15, 0.2) is 5.96 Å². The van der Waals surface area contributed by atoms with Crippen molar-refractivity contribution in [2.45, 2.75) is 25.9 Å². The molecule has 0 fully saturated rings. The number of rotatable bonds is 8. The average molecular weight is 356 g/mol. The van der Waals surface area contributed by atoms with Crippen molar-refractivity contribution in [3.8, 4) is 5.75 Å². The van der Waals surface area contributed by atoms with Gasteiger partial charge in [0, 0.05) is 51.6 Å². The van der Waals surface area contributed by atoms with Crippen LogP contribution in [0.1, 0.15) is 18.4 Å². The van der Waals surface area contributed by atoms with Gasteiger partial charge in [0.05, 0.1) is 7.11 Å². The zero-order valence-corrected chi connectivity index (χ0v) is 15.8. The summed E-state index contributed by atoms with van der Waals surface area (Å²) in [6.07, 6.45) is 3.72. The Morgan fingerprint density at radius 2 is 1.96 bits per heavy atom. The highest BCUT2D eigenvalue weighted by atomic mass is 16.5. The van der Waals surface area contributed by atoms with Crippen molar-refractivity contribution in [2.24, 2.45) is 4.99 Å². The second-order valence-electron chi connectivity index (χ2n) is 6.08. The van der Waals surface area contributed by atoms with E-state index >= 15 is 0 Å². The molecule has 140 valence electrons. The molecule has 0 spiro atoms. The van der Waals surface area contributed by atoms with E-state index in [0.717, 1.165) is 43.2 Å². The highest BCUT2D eigenvalue weighted by Gasteiger charge is 2.09. The lowest BCUT2D eigenvalue weighted by Gasteiger charge is -2.23. The van der Waals surface area contributed by atoms with Gasteiger partial charge in [-0.1, -0.05) is 24.3 Å². The first-order valence-corrected chi connectivity index (χ1v) is 8.85. The van der Waals surface area contributed by atoms with Crippen LogP contribution in [0.15, 0.2) is 58.4 Å². The van der Waals surface area contributed by atoms with Crippen LogP contribution >= 0.6 is 0 Å². The van der Waals surface area contributed by atoms with E-state index in [1.165, 1.54) is 0 Å². The second-order valence-corrected chi connectivity index (χ2v) is 6.08. The number of para-hydroxylation sites is 1. The lowest BCUT2D eigenvalue weighted by molar-refractivity contribution is 0.396. The molecule has 1 heterocycles. The quantitative estimate of drug-likeness (QED) is 0.448. The van der Waals surface area contributed by atoms with Gasteiger partial charge in [0.2, 0.25) is 5.56 Å².